The predicted molar refractivity (Wildman–Crippen MR) is 83.2 cm³/mol. The van der Waals surface area contributed by atoms with Gasteiger partial charge in [-0.2, -0.15) is 0 Å². The van der Waals surface area contributed by atoms with Gasteiger partial charge in [-0.1, -0.05) is 30.3 Å². The highest BCUT2D eigenvalue weighted by Gasteiger charge is 2.34. The number of rotatable bonds is 5. The molecule has 1 unspecified atom stereocenters. The molecule has 1 heterocycles. The van der Waals surface area contributed by atoms with Crippen LogP contribution in [0.1, 0.15) is 32.8 Å². The van der Waals surface area contributed by atoms with Crippen LogP contribution in [0.25, 0.3) is 0 Å². The van der Waals surface area contributed by atoms with Crippen LogP contribution < -0.4 is 0 Å². The zero-order valence-electron chi connectivity index (χ0n) is 13.5. The van der Waals surface area contributed by atoms with Gasteiger partial charge in [0.25, 0.3) is 0 Å². The van der Waals surface area contributed by atoms with Crippen molar-refractivity contribution in [1.29, 1.82) is 0 Å². The Labute approximate surface area is 131 Å². The summed E-state index contributed by atoms with van der Waals surface area (Å²) in [7, 11) is 0. The molecule has 1 saturated heterocycles. The fraction of sp³-hybridized carbons (Fsp3) is 0.588. The smallest absolute Gasteiger partial charge is 0.410 e. The second-order valence-corrected chi connectivity index (χ2v) is 6.73. The molecular formula is C17H25NO4. The molecule has 1 atom stereocenters. The van der Waals surface area contributed by atoms with E-state index < -0.39 is 6.29 Å². The second-order valence-electron chi connectivity index (χ2n) is 6.73. The molecule has 1 fully saturated rings. The molecule has 5 nitrogen and oxygen atoms in total. The molecule has 0 bridgehead atoms. The highest BCUT2D eigenvalue weighted by atomic mass is 16.6. The fourth-order valence-corrected chi connectivity index (χ4v) is 2.42. The lowest BCUT2D eigenvalue weighted by Gasteiger charge is -2.39. The number of carbonyl (C=O) groups excluding carboxylic acids is 1. The van der Waals surface area contributed by atoms with E-state index in [4.69, 9.17) is 9.47 Å². The van der Waals surface area contributed by atoms with Crippen LogP contribution in [-0.2, 0) is 16.1 Å². The van der Waals surface area contributed by atoms with Crippen molar-refractivity contribution < 1.29 is 19.4 Å². The lowest BCUT2D eigenvalue weighted by molar-refractivity contribution is -0.178. The molecule has 0 spiro atoms. The van der Waals surface area contributed by atoms with Crippen LogP contribution in [-0.4, -0.2) is 41.1 Å². The van der Waals surface area contributed by atoms with Crippen LogP contribution in [0.4, 0.5) is 4.79 Å². The summed E-state index contributed by atoms with van der Waals surface area (Å²) in [5.41, 5.74) is 0.610. The molecule has 1 aliphatic rings. The van der Waals surface area contributed by atoms with Gasteiger partial charge in [0.1, 0.15) is 6.61 Å². The average molecular weight is 307 g/mol. The Hall–Kier alpha value is -1.59. The summed E-state index contributed by atoms with van der Waals surface area (Å²) in [5, 5.41) is 9.84. The normalized spacial score (nSPS) is 17.0. The number of nitrogens with zero attached hydrogens (tertiary/aromatic N) is 1. The first-order valence-corrected chi connectivity index (χ1v) is 7.65. The first kappa shape index (κ1) is 16.8. The first-order valence-electron chi connectivity index (χ1n) is 7.65. The molecule has 1 amide bonds. The number of hydrogen-bond acceptors (Lipinski definition) is 4. The van der Waals surface area contributed by atoms with Gasteiger partial charge in [-0.05, 0) is 32.3 Å². The highest BCUT2D eigenvalue weighted by Crippen LogP contribution is 2.24. The average Bonchev–Trinajstić information content (AvgIpc) is 2.39. The fourth-order valence-electron chi connectivity index (χ4n) is 2.42. The maximum absolute atomic E-state index is 11.9. The van der Waals surface area contributed by atoms with Gasteiger partial charge in [0.2, 0.25) is 0 Å². The van der Waals surface area contributed by atoms with Crippen LogP contribution in [0.5, 0.6) is 0 Å². The quantitative estimate of drug-likeness (QED) is 0.850. The van der Waals surface area contributed by atoms with Gasteiger partial charge in [-0.15, -0.1) is 0 Å². The molecule has 1 aromatic carbocycles. The van der Waals surface area contributed by atoms with Crippen LogP contribution in [0, 0.1) is 5.92 Å². The minimum Gasteiger partial charge on any atom is -0.445 e. The number of amides is 1. The highest BCUT2D eigenvalue weighted by molar-refractivity contribution is 5.68. The van der Waals surface area contributed by atoms with E-state index in [0.717, 1.165) is 5.56 Å². The van der Waals surface area contributed by atoms with E-state index in [1.807, 2.05) is 51.1 Å². The molecule has 22 heavy (non-hydrogen) atoms. The molecule has 0 saturated carbocycles. The summed E-state index contributed by atoms with van der Waals surface area (Å²) in [4.78, 5) is 13.5. The molecule has 1 aliphatic heterocycles. The maximum Gasteiger partial charge on any atom is 0.410 e. The van der Waals surface area contributed by atoms with E-state index in [1.165, 1.54) is 0 Å². The SMILES string of the molecule is CC(C)(C)OC(O)CC1CN(C(=O)OCc2ccccc2)C1. The Morgan fingerprint density at radius 2 is 1.95 bits per heavy atom. The number of ether oxygens (including phenoxy) is 2. The zero-order valence-corrected chi connectivity index (χ0v) is 13.5. The monoisotopic (exact) mass is 307 g/mol. The van der Waals surface area contributed by atoms with E-state index in [2.05, 4.69) is 0 Å². The van der Waals surface area contributed by atoms with E-state index >= 15 is 0 Å². The second kappa shape index (κ2) is 7.11. The van der Waals surface area contributed by atoms with E-state index in [-0.39, 0.29) is 24.2 Å². The lowest BCUT2D eigenvalue weighted by atomic mass is 9.96. The van der Waals surface area contributed by atoms with Crippen molar-refractivity contribution in [3.8, 4) is 0 Å². The summed E-state index contributed by atoms with van der Waals surface area (Å²) < 4.78 is 10.7. The summed E-state index contributed by atoms with van der Waals surface area (Å²) >= 11 is 0. The number of aliphatic hydroxyl groups is 1. The Balaban J connectivity index is 1.65. The van der Waals surface area contributed by atoms with Gasteiger partial charge >= 0.3 is 6.09 Å². The Morgan fingerprint density at radius 1 is 1.32 bits per heavy atom. The van der Waals surface area contributed by atoms with Crippen LogP contribution in [0.2, 0.25) is 0 Å². The van der Waals surface area contributed by atoms with Gasteiger partial charge in [-0.25, -0.2) is 4.79 Å². The molecular weight excluding hydrogens is 282 g/mol. The number of likely N-dealkylation sites (tertiary alicyclic amines) is 1. The first-order chi connectivity index (χ1) is 10.3. The van der Waals surface area contributed by atoms with Crippen molar-refractivity contribution in [1.82, 2.24) is 4.90 Å². The molecule has 0 aliphatic carbocycles. The molecule has 1 N–H and O–H groups in total. The topological polar surface area (TPSA) is 59.0 Å². The van der Waals surface area contributed by atoms with Crippen molar-refractivity contribution in [3.05, 3.63) is 35.9 Å². The van der Waals surface area contributed by atoms with Crippen molar-refractivity contribution in [2.45, 2.75) is 45.7 Å². The van der Waals surface area contributed by atoms with Gasteiger partial charge in [-0.3, -0.25) is 0 Å². The Bertz CT molecular complexity index is 477. The Kier molecular flexibility index (Phi) is 5.42. The minimum absolute atomic E-state index is 0.265. The molecule has 1 aromatic rings. The molecule has 5 heteroatoms. The molecule has 2 rings (SSSR count). The summed E-state index contributed by atoms with van der Waals surface area (Å²) in [6, 6.07) is 9.61. The third kappa shape index (κ3) is 5.31. The van der Waals surface area contributed by atoms with Gasteiger partial charge in [0, 0.05) is 19.5 Å². The van der Waals surface area contributed by atoms with Crippen LogP contribution >= 0.6 is 0 Å². The van der Waals surface area contributed by atoms with Gasteiger partial charge < -0.3 is 19.5 Å². The molecule has 0 radical (unpaired) electrons. The largest absolute Gasteiger partial charge is 0.445 e. The summed E-state index contributed by atoms with van der Waals surface area (Å²) in [6.45, 7) is 7.23. The predicted octanol–water partition coefficient (Wildman–Crippen LogP) is 2.78. The summed E-state index contributed by atoms with van der Waals surface area (Å²) in [6.07, 6.45) is -0.543. The minimum atomic E-state index is -0.785. The van der Waals surface area contributed by atoms with E-state index in [9.17, 15) is 9.90 Å². The third-order valence-corrected chi connectivity index (χ3v) is 3.45. The van der Waals surface area contributed by atoms with Crippen molar-refractivity contribution >= 4 is 6.09 Å². The Morgan fingerprint density at radius 3 is 2.55 bits per heavy atom. The number of hydrogen-bond donors (Lipinski definition) is 1. The molecule has 0 aromatic heterocycles. The number of aliphatic hydroxyl groups excluding tert-OH is 1. The van der Waals surface area contributed by atoms with Crippen molar-refractivity contribution in [2.75, 3.05) is 13.1 Å². The standard InChI is InChI=1S/C17H25NO4/c1-17(2,3)22-15(19)9-14-10-18(11-14)16(20)21-12-13-7-5-4-6-8-13/h4-8,14-15,19H,9-12H2,1-3H3. The zero-order chi connectivity index (χ0) is 16.2. The lowest BCUT2D eigenvalue weighted by Crippen LogP contribution is -2.51. The molecule has 122 valence electrons. The van der Waals surface area contributed by atoms with Crippen LogP contribution in [0.3, 0.4) is 0 Å². The number of carbonyl (C=O) groups is 1. The maximum atomic E-state index is 11.9. The van der Waals surface area contributed by atoms with Gasteiger partial charge in [0.15, 0.2) is 6.29 Å². The third-order valence-electron chi connectivity index (χ3n) is 3.45. The van der Waals surface area contributed by atoms with Crippen molar-refractivity contribution in [3.63, 3.8) is 0 Å². The van der Waals surface area contributed by atoms with Crippen LogP contribution in [0.15, 0.2) is 30.3 Å². The van der Waals surface area contributed by atoms with E-state index in [1.54, 1.807) is 4.90 Å². The van der Waals surface area contributed by atoms with E-state index in [0.29, 0.717) is 19.5 Å². The van der Waals surface area contributed by atoms with Gasteiger partial charge in [0.05, 0.1) is 5.60 Å². The number of benzene rings is 1. The van der Waals surface area contributed by atoms with Crippen molar-refractivity contribution in [2.24, 2.45) is 5.92 Å². The summed E-state index contributed by atoms with van der Waals surface area (Å²) in [5.74, 6) is 0.265.